The van der Waals surface area contributed by atoms with E-state index >= 15 is 0 Å². The molecule has 0 aliphatic rings. The van der Waals surface area contributed by atoms with Crippen LogP contribution in [0.3, 0.4) is 0 Å². The molecule has 1 atom stereocenters. The smallest absolute Gasteiger partial charge is 0.148 e. The van der Waals surface area contributed by atoms with Crippen molar-refractivity contribution in [3.05, 3.63) is 41.0 Å². The van der Waals surface area contributed by atoms with Gasteiger partial charge in [-0.05, 0) is 44.0 Å². The van der Waals surface area contributed by atoms with Crippen molar-refractivity contribution in [2.24, 2.45) is 0 Å². The van der Waals surface area contributed by atoms with Crippen LogP contribution < -0.4 is 5.32 Å². The highest BCUT2D eigenvalue weighted by Crippen LogP contribution is 2.23. The van der Waals surface area contributed by atoms with E-state index in [1.165, 1.54) is 6.07 Å². The molecular formula is C16H23FN4. The van der Waals surface area contributed by atoms with Crippen LogP contribution in [-0.4, -0.2) is 21.5 Å². The molecule has 1 aromatic carbocycles. The Hall–Kier alpha value is -1.75. The lowest BCUT2D eigenvalue weighted by atomic mass is 10.1. The minimum absolute atomic E-state index is 0.159. The average Bonchev–Trinajstić information content (AvgIpc) is 2.90. The van der Waals surface area contributed by atoms with Crippen LogP contribution in [0.25, 0.3) is 5.69 Å². The summed E-state index contributed by atoms with van der Waals surface area (Å²) in [5.74, 6) is -0.275. The van der Waals surface area contributed by atoms with Crippen molar-refractivity contribution in [2.75, 3.05) is 6.54 Å². The fourth-order valence-electron chi connectivity index (χ4n) is 2.57. The van der Waals surface area contributed by atoms with Gasteiger partial charge < -0.3 is 5.32 Å². The number of benzene rings is 1. The maximum atomic E-state index is 14.1. The van der Waals surface area contributed by atoms with Crippen LogP contribution in [-0.2, 0) is 6.42 Å². The van der Waals surface area contributed by atoms with Crippen LogP contribution in [0.1, 0.15) is 50.2 Å². The molecule has 1 N–H and O–H groups in total. The zero-order chi connectivity index (χ0) is 15.4. The third-order valence-corrected chi connectivity index (χ3v) is 3.65. The minimum atomic E-state index is -0.275. The molecule has 5 heteroatoms. The molecule has 1 heterocycles. The fraction of sp³-hybridized carbons (Fsp3) is 0.500. The third-order valence-electron chi connectivity index (χ3n) is 3.65. The van der Waals surface area contributed by atoms with Crippen molar-refractivity contribution < 1.29 is 4.39 Å². The summed E-state index contributed by atoms with van der Waals surface area (Å²) < 4.78 is 15.7. The molecule has 0 aliphatic heterocycles. The van der Waals surface area contributed by atoms with Gasteiger partial charge in [0, 0.05) is 0 Å². The lowest BCUT2D eigenvalue weighted by Gasteiger charge is -2.15. The molecule has 0 radical (unpaired) electrons. The number of halogens is 1. The Morgan fingerprint density at radius 1 is 1.29 bits per heavy atom. The van der Waals surface area contributed by atoms with Crippen molar-refractivity contribution in [3.63, 3.8) is 0 Å². The molecule has 0 fully saturated rings. The minimum Gasteiger partial charge on any atom is -0.309 e. The zero-order valence-corrected chi connectivity index (χ0v) is 13.2. The predicted molar refractivity (Wildman–Crippen MR) is 82.1 cm³/mol. The summed E-state index contributed by atoms with van der Waals surface area (Å²) in [5, 5.41) is 11.9. The second kappa shape index (κ2) is 6.80. The van der Waals surface area contributed by atoms with Gasteiger partial charge in [0.1, 0.15) is 17.2 Å². The number of hydrogen-bond acceptors (Lipinski definition) is 3. The standard InChI is InChI=1S/C16H23FN4/c1-5-13(18-7-3)16-14(6-2)21(20-19-16)15-10-11(4)8-9-12(15)17/h8-10,13,18H,5-7H2,1-4H3. The molecule has 2 aromatic rings. The molecule has 0 spiro atoms. The Morgan fingerprint density at radius 3 is 2.67 bits per heavy atom. The van der Waals surface area contributed by atoms with E-state index in [0.717, 1.165) is 36.3 Å². The van der Waals surface area contributed by atoms with Gasteiger partial charge in [-0.2, -0.15) is 0 Å². The van der Waals surface area contributed by atoms with Crippen LogP contribution in [0.5, 0.6) is 0 Å². The van der Waals surface area contributed by atoms with Gasteiger partial charge in [0.2, 0.25) is 0 Å². The number of aryl methyl sites for hydroxylation is 1. The maximum Gasteiger partial charge on any atom is 0.148 e. The highest BCUT2D eigenvalue weighted by molar-refractivity contribution is 5.38. The summed E-state index contributed by atoms with van der Waals surface area (Å²) in [6.45, 7) is 9.04. The van der Waals surface area contributed by atoms with Crippen molar-refractivity contribution >= 4 is 0 Å². The average molecular weight is 290 g/mol. The van der Waals surface area contributed by atoms with Crippen LogP contribution in [0.2, 0.25) is 0 Å². The summed E-state index contributed by atoms with van der Waals surface area (Å²) >= 11 is 0. The first-order chi connectivity index (χ1) is 10.1. The van der Waals surface area contributed by atoms with Gasteiger partial charge in [-0.3, -0.25) is 0 Å². The van der Waals surface area contributed by atoms with Crippen molar-refractivity contribution in [3.8, 4) is 5.69 Å². The second-order valence-electron chi connectivity index (χ2n) is 5.16. The Kier molecular flexibility index (Phi) is 5.07. The number of nitrogens with zero attached hydrogens (tertiary/aromatic N) is 3. The van der Waals surface area contributed by atoms with Gasteiger partial charge in [0.25, 0.3) is 0 Å². The van der Waals surface area contributed by atoms with Gasteiger partial charge in [0.05, 0.1) is 11.7 Å². The monoisotopic (exact) mass is 290 g/mol. The summed E-state index contributed by atoms with van der Waals surface area (Å²) in [7, 11) is 0. The van der Waals surface area contributed by atoms with Crippen molar-refractivity contribution in [1.82, 2.24) is 20.3 Å². The van der Waals surface area contributed by atoms with E-state index in [2.05, 4.69) is 29.5 Å². The van der Waals surface area contributed by atoms with Gasteiger partial charge in [-0.15, -0.1) is 5.10 Å². The molecule has 0 amide bonds. The van der Waals surface area contributed by atoms with Gasteiger partial charge in [0.15, 0.2) is 0 Å². The van der Waals surface area contributed by atoms with Crippen molar-refractivity contribution in [2.45, 2.75) is 46.6 Å². The van der Waals surface area contributed by atoms with E-state index in [0.29, 0.717) is 5.69 Å². The Bertz CT molecular complexity index is 606. The molecule has 1 unspecified atom stereocenters. The van der Waals surface area contributed by atoms with Gasteiger partial charge in [-0.1, -0.05) is 32.1 Å². The summed E-state index contributed by atoms with van der Waals surface area (Å²) in [6.07, 6.45) is 1.69. The summed E-state index contributed by atoms with van der Waals surface area (Å²) in [6, 6.07) is 5.20. The highest BCUT2D eigenvalue weighted by Gasteiger charge is 2.20. The Morgan fingerprint density at radius 2 is 2.05 bits per heavy atom. The number of hydrogen-bond donors (Lipinski definition) is 1. The van der Waals surface area contributed by atoms with E-state index in [-0.39, 0.29) is 11.9 Å². The number of rotatable bonds is 6. The molecule has 21 heavy (non-hydrogen) atoms. The number of nitrogens with one attached hydrogen (secondary N) is 1. The molecule has 2 rings (SSSR count). The fourth-order valence-corrected chi connectivity index (χ4v) is 2.57. The normalized spacial score (nSPS) is 12.6. The lowest BCUT2D eigenvalue weighted by Crippen LogP contribution is -2.22. The topological polar surface area (TPSA) is 42.7 Å². The Balaban J connectivity index is 2.51. The first-order valence-electron chi connectivity index (χ1n) is 7.56. The first kappa shape index (κ1) is 15.6. The van der Waals surface area contributed by atoms with E-state index in [1.807, 2.05) is 13.8 Å². The molecular weight excluding hydrogens is 267 g/mol. The molecule has 1 aromatic heterocycles. The van der Waals surface area contributed by atoms with Gasteiger partial charge in [-0.25, -0.2) is 9.07 Å². The Labute approximate surface area is 125 Å². The first-order valence-corrected chi connectivity index (χ1v) is 7.56. The summed E-state index contributed by atoms with van der Waals surface area (Å²) in [4.78, 5) is 0. The molecule has 0 saturated carbocycles. The maximum absolute atomic E-state index is 14.1. The molecule has 114 valence electrons. The van der Waals surface area contributed by atoms with Gasteiger partial charge >= 0.3 is 0 Å². The highest BCUT2D eigenvalue weighted by atomic mass is 19.1. The molecule has 0 bridgehead atoms. The largest absolute Gasteiger partial charge is 0.309 e. The van der Waals surface area contributed by atoms with Crippen LogP contribution >= 0.6 is 0 Å². The second-order valence-corrected chi connectivity index (χ2v) is 5.16. The zero-order valence-electron chi connectivity index (χ0n) is 13.2. The quantitative estimate of drug-likeness (QED) is 0.887. The lowest BCUT2D eigenvalue weighted by molar-refractivity contribution is 0.520. The predicted octanol–water partition coefficient (Wildman–Crippen LogP) is 3.34. The number of aromatic nitrogens is 3. The van der Waals surface area contributed by atoms with Crippen LogP contribution in [0.15, 0.2) is 18.2 Å². The molecule has 0 aliphatic carbocycles. The van der Waals surface area contributed by atoms with E-state index in [4.69, 9.17) is 0 Å². The summed E-state index contributed by atoms with van der Waals surface area (Å²) in [5.41, 5.74) is 3.36. The van der Waals surface area contributed by atoms with E-state index in [9.17, 15) is 4.39 Å². The third kappa shape index (κ3) is 3.13. The van der Waals surface area contributed by atoms with Crippen LogP contribution in [0.4, 0.5) is 4.39 Å². The van der Waals surface area contributed by atoms with Crippen molar-refractivity contribution in [1.29, 1.82) is 0 Å². The molecule has 0 saturated heterocycles. The van der Waals surface area contributed by atoms with E-state index < -0.39 is 0 Å². The van der Waals surface area contributed by atoms with E-state index in [1.54, 1.807) is 16.8 Å². The van der Waals surface area contributed by atoms with Crippen LogP contribution in [0, 0.1) is 12.7 Å². The molecule has 4 nitrogen and oxygen atoms in total. The SMILES string of the molecule is CCNC(CC)c1nnn(-c2cc(C)ccc2F)c1CC.